The second-order valence-corrected chi connectivity index (χ2v) is 7.74. The topological polar surface area (TPSA) is 95.7 Å². The highest BCUT2D eigenvalue weighted by Gasteiger charge is 2.28. The van der Waals surface area contributed by atoms with Crippen LogP contribution in [0.2, 0.25) is 5.02 Å². The average Bonchev–Trinajstić information content (AvgIpc) is 3.14. The molecule has 0 aliphatic heterocycles. The van der Waals surface area contributed by atoms with Crippen LogP contribution in [0.15, 0.2) is 58.0 Å². The third kappa shape index (κ3) is 4.65. The lowest BCUT2D eigenvalue weighted by molar-refractivity contribution is 0.0829. The monoisotopic (exact) mass is 454 g/mol. The summed E-state index contributed by atoms with van der Waals surface area (Å²) < 4.78 is 18.9. The van der Waals surface area contributed by atoms with Crippen LogP contribution in [0.4, 0.5) is 10.1 Å². The van der Waals surface area contributed by atoms with Crippen molar-refractivity contribution in [2.45, 2.75) is 26.2 Å². The van der Waals surface area contributed by atoms with Crippen molar-refractivity contribution in [2.24, 2.45) is 5.10 Å². The Balaban J connectivity index is 1.48. The molecule has 0 atom stereocenters. The average molecular weight is 455 g/mol. The molecule has 0 saturated carbocycles. The van der Waals surface area contributed by atoms with Crippen LogP contribution in [-0.2, 0) is 6.42 Å². The van der Waals surface area contributed by atoms with Gasteiger partial charge in [-0.05, 0) is 68.3 Å². The fourth-order valence-corrected chi connectivity index (χ4v) is 3.62. The number of anilines is 1. The van der Waals surface area contributed by atoms with Crippen LogP contribution in [0.3, 0.4) is 0 Å². The number of hydrogen-bond acceptors (Lipinski definition) is 5. The predicted octanol–water partition coefficient (Wildman–Crippen LogP) is 4.61. The molecule has 1 aliphatic rings. The molecule has 0 spiro atoms. The molecule has 2 aromatic carbocycles. The number of nitrogens with zero attached hydrogens (tertiary/aromatic N) is 1. The van der Waals surface area contributed by atoms with Crippen LogP contribution >= 0.6 is 11.6 Å². The van der Waals surface area contributed by atoms with E-state index in [-0.39, 0.29) is 11.6 Å². The van der Waals surface area contributed by atoms with E-state index in [1.165, 1.54) is 12.1 Å². The van der Waals surface area contributed by atoms with Gasteiger partial charge in [-0.1, -0.05) is 11.6 Å². The van der Waals surface area contributed by atoms with E-state index in [1.54, 1.807) is 43.3 Å². The third-order valence-electron chi connectivity index (χ3n) is 5.09. The van der Waals surface area contributed by atoms with E-state index < -0.39 is 11.8 Å². The van der Waals surface area contributed by atoms with E-state index in [0.717, 1.165) is 17.7 Å². The summed E-state index contributed by atoms with van der Waals surface area (Å²) in [5.41, 5.74) is 10.8. The van der Waals surface area contributed by atoms with Crippen molar-refractivity contribution in [3.05, 3.63) is 87.6 Å². The van der Waals surface area contributed by atoms with E-state index in [9.17, 15) is 14.0 Å². The van der Waals surface area contributed by atoms with Crippen LogP contribution in [0.5, 0.6) is 0 Å². The van der Waals surface area contributed by atoms with Gasteiger partial charge in [0.15, 0.2) is 5.76 Å². The van der Waals surface area contributed by atoms with Gasteiger partial charge in [-0.25, -0.2) is 4.39 Å². The van der Waals surface area contributed by atoms with E-state index in [2.05, 4.69) is 21.4 Å². The molecule has 9 heteroatoms. The molecule has 7 nitrogen and oxygen atoms in total. The predicted molar refractivity (Wildman–Crippen MR) is 119 cm³/mol. The van der Waals surface area contributed by atoms with Gasteiger partial charge >= 0.3 is 5.91 Å². The molecule has 0 bridgehead atoms. The molecule has 0 fully saturated rings. The number of halogens is 2. The van der Waals surface area contributed by atoms with Gasteiger partial charge in [-0.15, -0.1) is 0 Å². The van der Waals surface area contributed by atoms with Gasteiger partial charge in [0, 0.05) is 28.1 Å². The molecule has 4 rings (SSSR count). The molecule has 32 heavy (non-hydrogen) atoms. The van der Waals surface area contributed by atoms with Gasteiger partial charge in [-0.3, -0.25) is 25.9 Å². The Morgan fingerprint density at radius 3 is 2.41 bits per heavy atom. The van der Waals surface area contributed by atoms with Crippen molar-refractivity contribution in [1.82, 2.24) is 10.9 Å². The summed E-state index contributed by atoms with van der Waals surface area (Å²) in [6.45, 7) is 1.77. The molecule has 2 amide bonds. The van der Waals surface area contributed by atoms with E-state index >= 15 is 0 Å². The zero-order valence-electron chi connectivity index (χ0n) is 17.2. The van der Waals surface area contributed by atoms with Crippen molar-refractivity contribution in [3.8, 4) is 0 Å². The standard InChI is InChI=1S/C23H20ClFN4O3/c1-13-20-18(27-26-17-11-9-16(25)10-12-17)3-2-4-19(20)32-21(13)23(31)29-28-22(30)14-5-7-15(24)8-6-14/h5-12,26H,2-4H2,1H3,(H,28,30)(H,29,31)/b27-18+. The van der Waals surface area contributed by atoms with Crippen molar-refractivity contribution in [3.63, 3.8) is 0 Å². The normalized spacial score (nSPS) is 14.0. The first-order valence-corrected chi connectivity index (χ1v) is 10.4. The molecule has 0 radical (unpaired) electrons. The van der Waals surface area contributed by atoms with Crippen molar-refractivity contribution in [2.75, 3.05) is 5.43 Å². The number of hydrogen-bond donors (Lipinski definition) is 3. The number of aryl methyl sites for hydroxylation is 1. The third-order valence-corrected chi connectivity index (χ3v) is 5.34. The number of amides is 2. The van der Waals surface area contributed by atoms with E-state index in [4.69, 9.17) is 16.0 Å². The summed E-state index contributed by atoms with van der Waals surface area (Å²) in [6.07, 6.45) is 2.20. The number of carbonyl (C=O) groups excluding carboxylic acids is 2. The summed E-state index contributed by atoms with van der Waals surface area (Å²) in [6, 6.07) is 12.2. The Labute approximate surface area is 188 Å². The van der Waals surface area contributed by atoms with Crippen LogP contribution < -0.4 is 16.3 Å². The van der Waals surface area contributed by atoms with Crippen LogP contribution in [-0.4, -0.2) is 17.5 Å². The van der Waals surface area contributed by atoms with Crippen LogP contribution in [0, 0.1) is 12.7 Å². The molecule has 1 aromatic heterocycles. The number of fused-ring (bicyclic) bond motifs is 1. The zero-order valence-corrected chi connectivity index (χ0v) is 17.9. The minimum atomic E-state index is -0.565. The zero-order chi connectivity index (χ0) is 22.7. The van der Waals surface area contributed by atoms with Gasteiger partial charge in [0.1, 0.15) is 11.6 Å². The Hall–Kier alpha value is -3.65. The van der Waals surface area contributed by atoms with Crippen LogP contribution in [0.1, 0.15) is 50.6 Å². The smallest absolute Gasteiger partial charge is 0.305 e. The van der Waals surface area contributed by atoms with Gasteiger partial charge in [0.05, 0.1) is 11.4 Å². The first-order valence-electron chi connectivity index (χ1n) is 9.99. The lowest BCUT2D eigenvalue weighted by Gasteiger charge is -2.13. The fraction of sp³-hybridized carbons (Fsp3) is 0.174. The Morgan fingerprint density at radius 2 is 1.69 bits per heavy atom. The van der Waals surface area contributed by atoms with Gasteiger partial charge in [0.25, 0.3) is 5.91 Å². The maximum Gasteiger partial charge on any atom is 0.305 e. The SMILES string of the molecule is Cc1c(C(=O)NNC(=O)c2ccc(Cl)cc2)oc2c1/C(=N/Nc1ccc(F)cc1)CCC2. The molecule has 0 unspecified atom stereocenters. The van der Waals surface area contributed by atoms with Crippen molar-refractivity contribution < 1.29 is 18.4 Å². The molecule has 0 saturated heterocycles. The lowest BCUT2D eigenvalue weighted by Crippen LogP contribution is -2.41. The first-order chi connectivity index (χ1) is 15.4. The fourth-order valence-electron chi connectivity index (χ4n) is 3.50. The highest BCUT2D eigenvalue weighted by Crippen LogP contribution is 2.30. The maximum atomic E-state index is 13.1. The highest BCUT2D eigenvalue weighted by atomic mass is 35.5. The number of hydrazine groups is 1. The van der Waals surface area contributed by atoms with E-state index in [0.29, 0.717) is 40.4 Å². The Kier molecular flexibility index (Phi) is 6.23. The Morgan fingerprint density at radius 1 is 1.00 bits per heavy atom. The summed E-state index contributed by atoms with van der Waals surface area (Å²) >= 11 is 5.82. The van der Waals surface area contributed by atoms with Gasteiger partial charge in [-0.2, -0.15) is 5.10 Å². The summed E-state index contributed by atoms with van der Waals surface area (Å²) in [4.78, 5) is 24.9. The quantitative estimate of drug-likeness (QED) is 0.502. The summed E-state index contributed by atoms with van der Waals surface area (Å²) in [5, 5.41) is 4.96. The summed E-state index contributed by atoms with van der Waals surface area (Å²) in [5.74, 6) is -0.585. The second kappa shape index (κ2) is 9.23. The molecule has 164 valence electrons. The van der Waals surface area contributed by atoms with Crippen molar-refractivity contribution >= 4 is 34.8 Å². The lowest BCUT2D eigenvalue weighted by atomic mass is 9.93. The number of carbonyl (C=O) groups is 2. The number of rotatable bonds is 4. The molecule has 1 aliphatic carbocycles. The summed E-state index contributed by atoms with van der Waals surface area (Å²) in [7, 11) is 0. The second-order valence-electron chi connectivity index (χ2n) is 7.30. The number of nitrogens with one attached hydrogen (secondary N) is 3. The first kappa shape index (κ1) is 21.6. The van der Waals surface area contributed by atoms with Gasteiger partial charge < -0.3 is 4.42 Å². The molecular formula is C23H20ClFN4O3. The van der Waals surface area contributed by atoms with E-state index in [1.807, 2.05) is 0 Å². The molecule has 1 heterocycles. The maximum absolute atomic E-state index is 13.1. The number of benzene rings is 2. The highest BCUT2D eigenvalue weighted by molar-refractivity contribution is 6.30. The van der Waals surface area contributed by atoms with Crippen molar-refractivity contribution in [1.29, 1.82) is 0 Å². The minimum Gasteiger partial charge on any atom is -0.455 e. The molecule has 3 N–H and O–H groups in total. The molecule has 3 aromatic rings. The number of hydrazone groups is 1. The van der Waals surface area contributed by atoms with Gasteiger partial charge in [0.2, 0.25) is 0 Å². The Bertz CT molecular complexity index is 1190. The minimum absolute atomic E-state index is 0.114. The van der Waals surface area contributed by atoms with Crippen LogP contribution in [0.25, 0.3) is 0 Å². The number of furan rings is 1. The largest absolute Gasteiger partial charge is 0.455 e. The molecular weight excluding hydrogens is 435 g/mol.